The van der Waals surface area contributed by atoms with E-state index >= 15 is 0 Å². The number of hydrogen-bond donors (Lipinski definition) is 2. The number of amides is 1. The molecule has 2 N–H and O–H groups in total. The number of aliphatic hydroxyl groups is 1. The zero-order chi connectivity index (χ0) is 14.4. The minimum atomic E-state index is -0.563. The molecular formula is C12H16N2O5. The number of nitro groups is 1. The topological polar surface area (TPSA) is 102 Å². The minimum Gasteiger partial charge on any atom is -0.496 e. The van der Waals surface area contributed by atoms with Gasteiger partial charge in [0.2, 0.25) is 0 Å². The maximum atomic E-state index is 12.0. The number of carbonyl (C=O) groups is 1. The lowest BCUT2D eigenvalue weighted by Gasteiger charge is -2.15. The molecule has 0 radical (unpaired) electrons. The summed E-state index contributed by atoms with van der Waals surface area (Å²) in [7, 11) is 1.33. The fourth-order valence-electron chi connectivity index (χ4n) is 1.52. The number of nitrogens with one attached hydrogen (secondary N) is 1. The molecule has 0 aliphatic carbocycles. The predicted octanol–water partition coefficient (Wildman–Crippen LogP) is 1.10. The third kappa shape index (κ3) is 3.65. The molecule has 0 bridgehead atoms. The summed E-state index contributed by atoms with van der Waals surface area (Å²) in [6.45, 7) is 1.66. The van der Waals surface area contributed by atoms with Crippen LogP contribution in [0.3, 0.4) is 0 Å². The number of hydrogen-bond acceptors (Lipinski definition) is 5. The first-order valence-corrected chi connectivity index (χ1v) is 5.77. The van der Waals surface area contributed by atoms with Crippen molar-refractivity contribution >= 4 is 11.6 Å². The van der Waals surface area contributed by atoms with Gasteiger partial charge in [0.25, 0.3) is 11.6 Å². The molecular weight excluding hydrogens is 252 g/mol. The fraction of sp³-hybridized carbons (Fsp3) is 0.417. The molecule has 19 heavy (non-hydrogen) atoms. The normalized spacial score (nSPS) is 11.7. The monoisotopic (exact) mass is 268 g/mol. The van der Waals surface area contributed by atoms with E-state index in [-0.39, 0.29) is 29.6 Å². The molecule has 0 aliphatic heterocycles. The Hall–Kier alpha value is -2.15. The highest BCUT2D eigenvalue weighted by Gasteiger charge is 2.18. The van der Waals surface area contributed by atoms with E-state index in [0.29, 0.717) is 6.42 Å². The molecule has 1 amide bonds. The van der Waals surface area contributed by atoms with Gasteiger partial charge in [0.1, 0.15) is 5.75 Å². The van der Waals surface area contributed by atoms with Crippen LogP contribution in [0.15, 0.2) is 18.2 Å². The van der Waals surface area contributed by atoms with Crippen molar-refractivity contribution in [3.05, 3.63) is 33.9 Å². The average Bonchev–Trinajstić information content (AvgIpc) is 2.43. The summed E-state index contributed by atoms with van der Waals surface area (Å²) >= 11 is 0. The second kappa shape index (κ2) is 6.69. The van der Waals surface area contributed by atoms with Crippen LogP contribution in [-0.2, 0) is 0 Å². The molecule has 0 aromatic heterocycles. The van der Waals surface area contributed by atoms with E-state index in [2.05, 4.69) is 5.32 Å². The maximum Gasteiger partial charge on any atom is 0.273 e. The average molecular weight is 268 g/mol. The predicted molar refractivity (Wildman–Crippen MR) is 68.3 cm³/mol. The molecule has 1 atom stereocenters. The summed E-state index contributed by atoms with van der Waals surface area (Å²) in [4.78, 5) is 22.0. The van der Waals surface area contributed by atoms with Crippen LogP contribution in [0, 0.1) is 10.1 Å². The van der Waals surface area contributed by atoms with E-state index < -0.39 is 10.8 Å². The molecule has 104 valence electrons. The Morgan fingerprint density at radius 2 is 2.26 bits per heavy atom. The molecule has 1 aromatic rings. The van der Waals surface area contributed by atoms with Gasteiger partial charge in [-0.25, -0.2) is 0 Å². The van der Waals surface area contributed by atoms with Crippen LogP contribution in [0.2, 0.25) is 0 Å². The van der Waals surface area contributed by atoms with Crippen molar-refractivity contribution in [2.24, 2.45) is 0 Å². The van der Waals surface area contributed by atoms with Crippen molar-refractivity contribution in [2.75, 3.05) is 13.7 Å². The number of methoxy groups -OCH3 is 1. The van der Waals surface area contributed by atoms with Crippen LogP contribution >= 0.6 is 0 Å². The van der Waals surface area contributed by atoms with Crippen molar-refractivity contribution < 1.29 is 19.6 Å². The first-order valence-electron chi connectivity index (χ1n) is 5.77. The lowest BCUT2D eigenvalue weighted by Crippen LogP contribution is -2.37. The van der Waals surface area contributed by atoms with Crippen molar-refractivity contribution in [1.82, 2.24) is 5.32 Å². The van der Waals surface area contributed by atoms with Gasteiger partial charge in [-0.3, -0.25) is 14.9 Å². The van der Waals surface area contributed by atoms with Gasteiger partial charge in [-0.15, -0.1) is 0 Å². The quantitative estimate of drug-likeness (QED) is 0.594. The zero-order valence-corrected chi connectivity index (χ0v) is 10.8. The Morgan fingerprint density at radius 1 is 1.58 bits per heavy atom. The van der Waals surface area contributed by atoms with Gasteiger partial charge in [-0.1, -0.05) is 6.92 Å². The van der Waals surface area contributed by atoms with Crippen molar-refractivity contribution in [3.63, 3.8) is 0 Å². The molecule has 1 rings (SSSR count). The standard InChI is InChI=1S/C12H16N2O5/c1-3-8(7-15)13-12(16)10-5-4-9(14(17)18)6-11(10)19-2/h4-6,8,15H,3,7H2,1-2H3,(H,13,16). The summed E-state index contributed by atoms with van der Waals surface area (Å²) < 4.78 is 4.98. The van der Waals surface area contributed by atoms with Crippen molar-refractivity contribution in [2.45, 2.75) is 19.4 Å². The molecule has 1 aromatic carbocycles. The van der Waals surface area contributed by atoms with Gasteiger partial charge in [-0.2, -0.15) is 0 Å². The van der Waals surface area contributed by atoms with Gasteiger partial charge < -0.3 is 15.2 Å². The number of nitro benzene ring substituents is 1. The number of ether oxygens (including phenoxy) is 1. The van der Waals surface area contributed by atoms with Gasteiger partial charge in [0, 0.05) is 6.07 Å². The van der Waals surface area contributed by atoms with E-state index in [1.54, 1.807) is 0 Å². The Kier molecular flexibility index (Phi) is 5.25. The van der Waals surface area contributed by atoms with Crippen LogP contribution in [-0.4, -0.2) is 35.7 Å². The van der Waals surface area contributed by atoms with E-state index in [4.69, 9.17) is 9.84 Å². The Balaban J connectivity index is 2.99. The van der Waals surface area contributed by atoms with E-state index in [1.807, 2.05) is 6.92 Å². The number of aliphatic hydroxyl groups excluding tert-OH is 1. The van der Waals surface area contributed by atoms with Crippen LogP contribution < -0.4 is 10.1 Å². The Labute approximate surface area is 110 Å². The van der Waals surface area contributed by atoms with Crippen molar-refractivity contribution in [1.29, 1.82) is 0 Å². The minimum absolute atomic E-state index is 0.125. The zero-order valence-electron chi connectivity index (χ0n) is 10.8. The number of nitrogens with zero attached hydrogens (tertiary/aromatic N) is 1. The second-order valence-electron chi connectivity index (χ2n) is 3.90. The first-order chi connectivity index (χ1) is 9.03. The molecule has 0 aliphatic rings. The molecule has 0 fully saturated rings. The summed E-state index contributed by atoms with van der Waals surface area (Å²) in [5.41, 5.74) is 0.0441. The van der Waals surface area contributed by atoms with Crippen LogP contribution in [0.25, 0.3) is 0 Å². The number of benzene rings is 1. The molecule has 7 nitrogen and oxygen atoms in total. The first kappa shape index (κ1) is 14.9. The number of carbonyl (C=O) groups excluding carboxylic acids is 1. The highest BCUT2D eigenvalue weighted by Crippen LogP contribution is 2.24. The molecule has 0 saturated heterocycles. The molecule has 7 heteroatoms. The summed E-state index contributed by atoms with van der Waals surface area (Å²) in [6, 6.07) is 3.40. The van der Waals surface area contributed by atoms with Crippen LogP contribution in [0.5, 0.6) is 5.75 Å². The lowest BCUT2D eigenvalue weighted by atomic mass is 10.1. The third-order valence-corrected chi connectivity index (χ3v) is 2.69. The molecule has 0 spiro atoms. The maximum absolute atomic E-state index is 12.0. The van der Waals surface area contributed by atoms with Gasteiger partial charge in [0.05, 0.1) is 36.3 Å². The van der Waals surface area contributed by atoms with Gasteiger partial charge >= 0.3 is 0 Å². The SMILES string of the molecule is CCC(CO)NC(=O)c1ccc([N+](=O)[O-])cc1OC. The molecule has 1 unspecified atom stereocenters. The molecule has 0 heterocycles. The Morgan fingerprint density at radius 3 is 2.74 bits per heavy atom. The summed E-state index contributed by atoms with van der Waals surface area (Å²) in [6.07, 6.45) is 0.581. The Bertz CT molecular complexity index is 471. The highest BCUT2D eigenvalue weighted by atomic mass is 16.6. The van der Waals surface area contributed by atoms with Crippen molar-refractivity contribution in [3.8, 4) is 5.75 Å². The van der Waals surface area contributed by atoms with E-state index in [1.165, 1.54) is 25.3 Å². The van der Waals surface area contributed by atoms with Crippen LogP contribution in [0.1, 0.15) is 23.7 Å². The van der Waals surface area contributed by atoms with E-state index in [0.717, 1.165) is 0 Å². The van der Waals surface area contributed by atoms with Gasteiger partial charge in [0.15, 0.2) is 0 Å². The number of rotatable bonds is 6. The van der Waals surface area contributed by atoms with Crippen LogP contribution in [0.4, 0.5) is 5.69 Å². The summed E-state index contributed by atoms with van der Waals surface area (Å²) in [5, 5.41) is 22.3. The summed E-state index contributed by atoms with van der Waals surface area (Å²) in [5.74, 6) is -0.313. The third-order valence-electron chi connectivity index (χ3n) is 2.69. The smallest absolute Gasteiger partial charge is 0.273 e. The largest absolute Gasteiger partial charge is 0.496 e. The number of non-ortho nitro benzene ring substituents is 1. The lowest BCUT2D eigenvalue weighted by molar-refractivity contribution is -0.384. The van der Waals surface area contributed by atoms with Gasteiger partial charge in [-0.05, 0) is 12.5 Å². The van der Waals surface area contributed by atoms with E-state index in [9.17, 15) is 14.9 Å². The molecule has 0 saturated carbocycles. The second-order valence-corrected chi connectivity index (χ2v) is 3.90. The highest BCUT2D eigenvalue weighted by molar-refractivity contribution is 5.97. The fourth-order valence-corrected chi connectivity index (χ4v) is 1.52.